The van der Waals surface area contributed by atoms with Crippen LogP contribution in [0.15, 0.2) is 0 Å². The summed E-state index contributed by atoms with van der Waals surface area (Å²) in [5.41, 5.74) is 5.72. The molecule has 0 aromatic carbocycles. The first-order valence-corrected chi connectivity index (χ1v) is 6.12. The molecule has 0 aromatic rings. The second kappa shape index (κ2) is 7.93. The van der Waals surface area contributed by atoms with Gasteiger partial charge in [-0.15, -0.1) is 0 Å². The van der Waals surface area contributed by atoms with Crippen LogP contribution in [0, 0.1) is 5.92 Å². The summed E-state index contributed by atoms with van der Waals surface area (Å²) in [6.45, 7) is 7.63. The van der Waals surface area contributed by atoms with Crippen LogP contribution in [0.5, 0.6) is 0 Å². The number of nitrogens with two attached hydrogens (primary N) is 1. The average molecular weight is 189 g/mol. The van der Waals surface area contributed by atoms with Crippen LogP contribution >= 0.6 is 11.8 Å². The van der Waals surface area contributed by atoms with Gasteiger partial charge in [-0.25, -0.2) is 0 Å². The fourth-order valence-electron chi connectivity index (χ4n) is 1.38. The van der Waals surface area contributed by atoms with Crippen molar-refractivity contribution in [1.82, 2.24) is 0 Å². The molecule has 12 heavy (non-hydrogen) atoms. The van der Waals surface area contributed by atoms with Crippen LogP contribution in [0.3, 0.4) is 0 Å². The number of thioether (sulfide) groups is 1. The lowest BCUT2D eigenvalue weighted by Crippen LogP contribution is -2.24. The van der Waals surface area contributed by atoms with Gasteiger partial charge in [0.1, 0.15) is 0 Å². The highest BCUT2D eigenvalue weighted by atomic mass is 32.2. The van der Waals surface area contributed by atoms with Crippen LogP contribution in [0.2, 0.25) is 0 Å². The number of rotatable bonds is 7. The molecular weight excluding hydrogens is 166 g/mol. The quantitative estimate of drug-likeness (QED) is 0.666. The Kier molecular flexibility index (Phi) is 8.14. The molecule has 0 spiro atoms. The third kappa shape index (κ3) is 5.04. The van der Waals surface area contributed by atoms with Crippen LogP contribution < -0.4 is 5.73 Å². The first-order valence-electron chi connectivity index (χ1n) is 5.07. The maximum absolute atomic E-state index is 5.72. The smallest absolute Gasteiger partial charge is 0.0195 e. The summed E-state index contributed by atoms with van der Waals surface area (Å²) in [6.07, 6.45) is 3.86. The van der Waals surface area contributed by atoms with Gasteiger partial charge in [-0.3, -0.25) is 0 Å². The fourth-order valence-corrected chi connectivity index (χ4v) is 2.51. The summed E-state index contributed by atoms with van der Waals surface area (Å²) >= 11 is 2.04. The minimum atomic E-state index is 0.685. The first-order chi connectivity index (χ1) is 5.76. The SMILES string of the molecule is CCCSC(CN)C(C)CCC. The van der Waals surface area contributed by atoms with E-state index in [1.807, 2.05) is 11.8 Å². The molecule has 0 saturated carbocycles. The Morgan fingerprint density at radius 1 is 1.25 bits per heavy atom. The van der Waals surface area contributed by atoms with E-state index in [1.54, 1.807) is 0 Å². The second-order valence-electron chi connectivity index (χ2n) is 3.41. The zero-order valence-electron chi connectivity index (χ0n) is 8.68. The van der Waals surface area contributed by atoms with E-state index in [1.165, 1.54) is 25.0 Å². The molecule has 0 aliphatic carbocycles. The van der Waals surface area contributed by atoms with Gasteiger partial charge in [0.2, 0.25) is 0 Å². The monoisotopic (exact) mass is 189 g/mol. The molecule has 0 aliphatic rings. The van der Waals surface area contributed by atoms with E-state index < -0.39 is 0 Å². The lowest BCUT2D eigenvalue weighted by atomic mass is 10.0. The predicted octanol–water partition coefficient (Wildman–Crippen LogP) is 2.89. The largest absolute Gasteiger partial charge is 0.329 e. The highest BCUT2D eigenvalue weighted by Crippen LogP contribution is 2.22. The van der Waals surface area contributed by atoms with E-state index in [-0.39, 0.29) is 0 Å². The van der Waals surface area contributed by atoms with Crippen molar-refractivity contribution in [3.05, 3.63) is 0 Å². The summed E-state index contributed by atoms with van der Waals surface area (Å²) in [5, 5.41) is 0.685. The Hall–Kier alpha value is 0.310. The summed E-state index contributed by atoms with van der Waals surface area (Å²) in [6, 6.07) is 0. The lowest BCUT2D eigenvalue weighted by molar-refractivity contribution is 0.505. The summed E-state index contributed by atoms with van der Waals surface area (Å²) in [4.78, 5) is 0. The molecule has 74 valence electrons. The summed E-state index contributed by atoms with van der Waals surface area (Å²) in [7, 11) is 0. The molecule has 2 atom stereocenters. The van der Waals surface area contributed by atoms with E-state index in [9.17, 15) is 0 Å². The van der Waals surface area contributed by atoms with Crippen molar-refractivity contribution in [2.24, 2.45) is 11.7 Å². The van der Waals surface area contributed by atoms with Crippen molar-refractivity contribution >= 4 is 11.8 Å². The number of hydrogen-bond acceptors (Lipinski definition) is 2. The van der Waals surface area contributed by atoms with Gasteiger partial charge in [-0.1, -0.05) is 27.2 Å². The zero-order chi connectivity index (χ0) is 9.40. The summed E-state index contributed by atoms with van der Waals surface area (Å²) in [5.74, 6) is 2.05. The average Bonchev–Trinajstić information content (AvgIpc) is 2.06. The maximum atomic E-state index is 5.72. The molecule has 0 aliphatic heterocycles. The van der Waals surface area contributed by atoms with Gasteiger partial charge in [0.05, 0.1) is 0 Å². The standard InChI is InChI=1S/C10H23NS/c1-4-6-9(3)10(8-11)12-7-5-2/h9-10H,4-8,11H2,1-3H3. The van der Waals surface area contributed by atoms with Crippen molar-refractivity contribution < 1.29 is 0 Å². The molecule has 0 heterocycles. The van der Waals surface area contributed by atoms with Crippen molar-refractivity contribution in [2.45, 2.75) is 45.3 Å². The predicted molar refractivity (Wildman–Crippen MR) is 59.7 cm³/mol. The third-order valence-electron chi connectivity index (χ3n) is 2.15. The lowest BCUT2D eigenvalue weighted by Gasteiger charge is -2.21. The summed E-state index contributed by atoms with van der Waals surface area (Å²) < 4.78 is 0. The Bertz CT molecular complexity index is 95.8. The van der Waals surface area contributed by atoms with Gasteiger partial charge >= 0.3 is 0 Å². The van der Waals surface area contributed by atoms with Gasteiger partial charge in [0, 0.05) is 11.8 Å². The Morgan fingerprint density at radius 2 is 1.92 bits per heavy atom. The Balaban J connectivity index is 3.62. The highest BCUT2D eigenvalue weighted by molar-refractivity contribution is 7.99. The van der Waals surface area contributed by atoms with E-state index in [0.717, 1.165) is 12.5 Å². The minimum Gasteiger partial charge on any atom is -0.329 e. The molecule has 0 rings (SSSR count). The van der Waals surface area contributed by atoms with Crippen LogP contribution in [0.25, 0.3) is 0 Å². The van der Waals surface area contributed by atoms with E-state index in [2.05, 4.69) is 20.8 Å². The van der Waals surface area contributed by atoms with Crippen LogP contribution in [-0.4, -0.2) is 17.5 Å². The van der Waals surface area contributed by atoms with Crippen LogP contribution in [0.4, 0.5) is 0 Å². The molecule has 0 fully saturated rings. The fraction of sp³-hybridized carbons (Fsp3) is 1.00. The Morgan fingerprint density at radius 3 is 2.33 bits per heavy atom. The van der Waals surface area contributed by atoms with Gasteiger partial charge in [0.25, 0.3) is 0 Å². The Labute approximate surface area is 81.5 Å². The molecule has 2 N–H and O–H groups in total. The topological polar surface area (TPSA) is 26.0 Å². The molecule has 0 bridgehead atoms. The van der Waals surface area contributed by atoms with Crippen LogP contribution in [-0.2, 0) is 0 Å². The van der Waals surface area contributed by atoms with E-state index in [4.69, 9.17) is 5.73 Å². The van der Waals surface area contributed by atoms with E-state index in [0.29, 0.717) is 5.25 Å². The molecular formula is C10H23NS. The highest BCUT2D eigenvalue weighted by Gasteiger charge is 2.14. The second-order valence-corrected chi connectivity index (χ2v) is 4.76. The van der Waals surface area contributed by atoms with Gasteiger partial charge in [-0.05, 0) is 24.5 Å². The minimum absolute atomic E-state index is 0.685. The molecule has 0 aromatic heterocycles. The molecule has 2 heteroatoms. The third-order valence-corrected chi connectivity index (χ3v) is 3.88. The van der Waals surface area contributed by atoms with Crippen molar-refractivity contribution in [3.63, 3.8) is 0 Å². The van der Waals surface area contributed by atoms with Crippen molar-refractivity contribution in [2.75, 3.05) is 12.3 Å². The van der Waals surface area contributed by atoms with Crippen molar-refractivity contribution in [1.29, 1.82) is 0 Å². The van der Waals surface area contributed by atoms with Crippen molar-refractivity contribution in [3.8, 4) is 0 Å². The normalized spacial score (nSPS) is 16.0. The molecule has 1 nitrogen and oxygen atoms in total. The van der Waals surface area contributed by atoms with E-state index >= 15 is 0 Å². The first kappa shape index (κ1) is 12.3. The van der Waals surface area contributed by atoms with Crippen LogP contribution in [0.1, 0.15) is 40.0 Å². The maximum Gasteiger partial charge on any atom is 0.0195 e. The zero-order valence-corrected chi connectivity index (χ0v) is 9.49. The van der Waals surface area contributed by atoms with Gasteiger partial charge in [-0.2, -0.15) is 11.8 Å². The molecule has 0 saturated heterocycles. The molecule has 0 amide bonds. The molecule has 2 unspecified atom stereocenters. The molecule has 0 radical (unpaired) electrons. The number of hydrogen-bond donors (Lipinski definition) is 1. The van der Waals surface area contributed by atoms with Gasteiger partial charge < -0.3 is 5.73 Å². The van der Waals surface area contributed by atoms with Gasteiger partial charge in [0.15, 0.2) is 0 Å².